The molecule has 55 valence electrons. The van der Waals surface area contributed by atoms with Crippen LogP contribution in [0.5, 0.6) is 0 Å². The van der Waals surface area contributed by atoms with E-state index in [-0.39, 0.29) is 13.2 Å². The van der Waals surface area contributed by atoms with Gasteiger partial charge in [-0.15, -0.1) is 0 Å². The summed E-state index contributed by atoms with van der Waals surface area (Å²) in [5.74, 6) is 0. The molecule has 0 saturated carbocycles. The summed E-state index contributed by atoms with van der Waals surface area (Å²) < 4.78 is 8.06. The van der Waals surface area contributed by atoms with Crippen molar-refractivity contribution in [2.45, 2.75) is 6.10 Å². The predicted octanol–water partition coefficient (Wildman–Crippen LogP) is -1.79. The van der Waals surface area contributed by atoms with Gasteiger partial charge in [0, 0.05) is 0 Å². The number of rotatable bonds is 2. The Labute approximate surface area is 59.4 Å². The molecule has 0 aromatic heterocycles. The van der Waals surface area contributed by atoms with E-state index in [0.717, 1.165) is 0 Å². The van der Waals surface area contributed by atoms with Gasteiger partial charge in [-0.1, -0.05) is 0 Å². The zero-order chi connectivity index (χ0) is 6.99. The van der Waals surface area contributed by atoms with Gasteiger partial charge >= 0.3 is 24.3 Å². The standard InChI is InChI=1S/C3H8O3.Ag.O/c4-1-3(6)2-5;;/h3-6H,1-2H2;;. The summed E-state index contributed by atoms with van der Waals surface area (Å²) in [6, 6.07) is 0. The van der Waals surface area contributed by atoms with E-state index in [1.165, 1.54) is 0 Å². The molecule has 0 heterocycles. The van der Waals surface area contributed by atoms with Crippen molar-refractivity contribution in [3.05, 3.63) is 0 Å². The SMILES string of the molecule is OCC(O)CO.[O]=[Ag]. The van der Waals surface area contributed by atoms with Crippen LogP contribution in [0.1, 0.15) is 0 Å². The van der Waals surface area contributed by atoms with Crippen LogP contribution in [-0.4, -0.2) is 34.6 Å². The molecule has 0 aromatic rings. The average molecular weight is 216 g/mol. The maximum atomic E-state index is 8.17. The van der Waals surface area contributed by atoms with E-state index in [2.05, 4.69) is 0 Å². The van der Waals surface area contributed by atoms with Gasteiger partial charge < -0.3 is 15.3 Å². The van der Waals surface area contributed by atoms with Crippen LogP contribution < -0.4 is 0 Å². The third-order valence-electron chi connectivity index (χ3n) is 0.421. The summed E-state index contributed by atoms with van der Waals surface area (Å²) in [5.41, 5.74) is 0. The number of hydrogen-bond donors (Lipinski definition) is 3. The molecule has 3 N–H and O–H groups in total. The molecule has 0 fully saturated rings. The minimum atomic E-state index is -0.954. The third-order valence-corrected chi connectivity index (χ3v) is 0.421. The molecule has 0 aliphatic heterocycles. The molecule has 0 unspecified atom stereocenters. The summed E-state index contributed by atoms with van der Waals surface area (Å²) in [4.78, 5) is 0. The Morgan fingerprint density at radius 2 is 1.50 bits per heavy atom. The molecule has 0 aliphatic carbocycles. The van der Waals surface area contributed by atoms with Crippen molar-refractivity contribution in [1.29, 1.82) is 0 Å². The van der Waals surface area contributed by atoms with Gasteiger partial charge in [-0.05, 0) is 0 Å². The van der Waals surface area contributed by atoms with Crippen molar-refractivity contribution < 1.29 is 39.6 Å². The van der Waals surface area contributed by atoms with Gasteiger partial charge in [0.15, 0.2) is 0 Å². The second-order valence-electron chi connectivity index (χ2n) is 1.02. The Morgan fingerprint density at radius 3 is 1.50 bits per heavy atom. The zero-order valence-electron chi connectivity index (χ0n) is 4.04. The summed E-state index contributed by atoms with van der Waals surface area (Å²) in [5, 5.41) is 24.0. The predicted molar refractivity (Wildman–Crippen MR) is 20.9 cm³/mol. The maximum absolute atomic E-state index is 8.17. The quantitative estimate of drug-likeness (QED) is 0.476. The van der Waals surface area contributed by atoms with Gasteiger partial charge in [-0.25, -0.2) is 0 Å². The van der Waals surface area contributed by atoms with Crippen molar-refractivity contribution in [2.75, 3.05) is 13.2 Å². The fourth-order valence-electron chi connectivity index (χ4n) is 0.0577. The first kappa shape index (κ1) is 11.2. The van der Waals surface area contributed by atoms with Gasteiger partial charge in [0.2, 0.25) is 0 Å². The zero-order valence-corrected chi connectivity index (χ0v) is 5.53. The molecule has 0 saturated heterocycles. The molecule has 0 aliphatic rings. The summed E-state index contributed by atoms with van der Waals surface area (Å²) in [6.07, 6.45) is -0.954. The molecule has 4 nitrogen and oxygen atoms in total. The monoisotopic (exact) mass is 215 g/mol. The Hall–Kier alpha value is 0.420. The number of aliphatic hydroxyl groups is 3. The van der Waals surface area contributed by atoms with Crippen LogP contribution in [0.15, 0.2) is 0 Å². The van der Waals surface area contributed by atoms with E-state index < -0.39 is 6.10 Å². The van der Waals surface area contributed by atoms with Crippen LogP contribution in [0, 0.1) is 0 Å². The molecular formula is C3H8AgO4. The van der Waals surface area contributed by atoms with E-state index in [1.807, 2.05) is 0 Å². The van der Waals surface area contributed by atoms with E-state index >= 15 is 0 Å². The Morgan fingerprint density at radius 1 is 1.25 bits per heavy atom. The molecule has 0 atom stereocenters. The molecule has 0 spiro atoms. The molecule has 5 heteroatoms. The van der Waals surface area contributed by atoms with Gasteiger partial charge in [0.25, 0.3) is 0 Å². The second kappa shape index (κ2) is 10.4. The van der Waals surface area contributed by atoms with E-state index in [0.29, 0.717) is 0 Å². The first-order valence-corrected chi connectivity index (χ1v) is 2.44. The Kier molecular flexibility index (Phi) is 14.6. The summed E-state index contributed by atoms with van der Waals surface area (Å²) in [6.45, 7) is -0.729. The van der Waals surface area contributed by atoms with Crippen LogP contribution in [0.3, 0.4) is 0 Å². The van der Waals surface area contributed by atoms with E-state index in [4.69, 9.17) is 18.6 Å². The van der Waals surface area contributed by atoms with Crippen molar-refractivity contribution in [3.63, 3.8) is 0 Å². The molecule has 0 aromatic carbocycles. The van der Waals surface area contributed by atoms with Crippen molar-refractivity contribution in [3.8, 4) is 0 Å². The fraction of sp³-hybridized carbons (Fsp3) is 1.00. The van der Waals surface area contributed by atoms with Gasteiger partial charge in [-0.2, -0.15) is 0 Å². The number of hydrogen-bond acceptors (Lipinski definition) is 4. The van der Waals surface area contributed by atoms with Crippen LogP contribution in [-0.2, 0) is 24.3 Å². The van der Waals surface area contributed by atoms with Gasteiger partial charge in [0.1, 0.15) is 6.10 Å². The first-order chi connectivity index (χ1) is 3.81. The van der Waals surface area contributed by atoms with Crippen LogP contribution in [0.2, 0.25) is 0 Å². The molecule has 0 amide bonds. The molecular weight excluding hydrogens is 208 g/mol. The van der Waals surface area contributed by atoms with Crippen LogP contribution in [0.25, 0.3) is 0 Å². The minimum absolute atomic E-state index is 0.365. The van der Waals surface area contributed by atoms with Crippen molar-refractivity contribution >= 4 is 0 Å². The van der Waals surface area contributed by atoms with E-state index in [1.54, 1.807) is 21.0 Å². The van der Waals surface area contributed by atoms with Gasteiger partial charge in [-0.3, -0.25) is 0 Å². The Bertz CT molecular complexity index is 38.3. The van der Waals surface area contributed by atoms with Crippen LogP contribution in [0.4, 0.5) is 0 Å². The van der Waals surface area contributed by atoms with Crippen molar-refractivity contribution in [1.82, 2.24) is 0 Å². The number of aliphatic hydroxyl groups excluding tert-OH is 3. The first-order valence-electron chi connectivity index (χ1n) is 1.83. The Balaban J connectivity index is 0. The average Bonchev–Trinajstić information content (AvgIpc) is 1.91. The normalized spacial score (nSPS) is 8.25. The van der Waals surface area contributed by atoms with E-state index in [9.17, 15) is 0 Å². The molecule has 0 bridgehead atoms. The van der Waals surface area contributed by atoms with Gasteiger partial charge in [0.05, 0.1) is 13.2 Å². The molecule has 0 rings (SSSR count). The third kappa shape index (κ3) is 9.65. The fourth-order valence-corrected chi connectivity index (χ4v) is 0.0577. The van der Waals surface area contributed by atoms with Crippen molar-refractivity contribution in [2.24, 2.45) is 0 Å². The second-order valence-corrected chi connectivity index (χ2v) is 1.02. The molecule has 8 heavy (non-hydrogen) atoms. The topological polar surface area (TPSA) is 77.8 Å². The van der Waals surface area contributed by atoms with Crippen LogP contribution >= 0.6 is 0 Å². The summed E-state index contributed by atoms with van der Waals surface area (Å²) >= 11 is 1.70. The molecule has 0 radical (unpaired) electrons. The summed E-state index contributed by atoms with van der Waals surface area (Å²) in [7, 11) is 0.